The van der Waals surface area contributed by atoms with Gasteiger partial charge in [0.2, 0.25) is 11.8 Å². The third kappa shape index (κ3) is 3.61. The summed E-state index contributed by atoms with van der Waals surface area (Å²) in [6.45, 7) is 0.366. The van der Waals surface area contributed by atoms with E-state index < -0.39 is 18.0 Å². The highest BCUT2D eigenvalue weighted by Gasteiger charge is 2.39. The summed E-state index contributed by atoms with van der Waals surface area (Å²) in [5.41, 5.74) is 4.99. The van der Waals surface area contributed by atoms with E-state index in [2.05, 4.69) is 5.32 Å². The van der Waals surface area contributed by atoms with Gasteiger partial charge in [-0.2, -0.15) is 0 Å². The predicted octanol–water partition coefficient (Wildman–Crippen LogP) is -0.0110. The number of nitrogens with one attached hydrogen (secondary N) is 1. The molecule has 1 heterocycles. The lowest BCUT2D eigenvalue weighted by Crippen LogP contribution is -2.49. The van der Waals surface area contributed by atoms with Gasteiger partial charge < -0.3 is 15.8 Å². The summed E-state index contributed by atoms with van der Waals surface area (Å²) >= 11 is 0. The van der Waals surface area contributed by atoms with Gasteiger partial charge in [-0.3, -0.25) is 14.5 Å². The zero-order valence-electron chi connectivity index (χ0n) is 11.5. The largest absolute Gasteiger partial charge is 0.447 e. The van der Waals surface area contributed by atoms with Gasteiger partial charge in [-0.25, -0.2) is 4.79 Å². The molecule has 1 saturated carbocycles. The molecule has 1 saturated heterocycles. The summed E-state index contributed by atoms with van der Waals surface area (Å²) in [5.74, 6) is -0.561. The van der Waals surface area contributed by atoms with Crippen LogP contribution >= 0.6 is 0 Å². The van der Waals surface area contributed by atoms with Crippen LogP contribution < -0.4 is 11.1 Å². The molecule has 20 heavy (non-hydrogen) atoms. The van der Waals surface area contributed by atoms with E-state index in [0.29, 0.717) is 12.5 Å². The maximum atomic E-state index is 12.0. The van der Waals surface area contributed by atoms with Gasteiger partial charge in [0.25, 0.3) is 0 Å². The van der Waals surface area contributed by atoms with Crippen LogP contribution in [0, 0.1) is 5.92 Å². The average molecular weight is 283 g/mol. The maximum absolute atomic E-state index is 12.0. The first-order valence-electron chi connectivity index (χ1n) is 7.07. The minimum absolute atomic E-state index is 0.0378. The Kier molecular flexibility index (Phi) is 4.81. The smallest absolute Gasteiger partial charge is 0.410 e. The molecule has 7 heteroatoms. The Hall–Kier alpha value is -1.79. The van der Waals surface area contributed by atoms with Crippen LogP contribution in [0.15, 0.2) is 0 Å². The molecule has 0 aromatic carbocycles. The maximum Gasteiger partial charge on any atom is 0.410 e. The number of nitrogens with two attached hydrogens (primary N) is 1. The first kappa shape index (κ1) is 14.6. The molecule has 0 unspecified atom stereocenters. The molecule has 112 valence electrons. The van der Waals surface area contributed by atoms with Crippen molar-refractivity contribution < 1.29 is 19.1 Å². The second-order valence-electron chi connectivity index (χ2n) is 5.43. The molecular weight excluding hydrogens is 262 g/mol. The summed E-state index contributed by atoms with van der Waals surface area (Å²) in [5, 5.41) is 2.42. The van der Waals surface area contributed by atoms with Gasteiger partial charge in [-0.1, -0.05) is 19.3 Å². The molecule has 2 fully saturated rings. The second-order valence-corrected chi connectivity index (χ2v) is 5.43. The fourth-order valence-corrected chi connectivity index (χ4v) is 2.81. The molecule has 0 radical (unpaired) electrons. The van der Waals surface area contributed by atoms with Gasteiger partial charge >= 0.3 is 6.09 Å². The quantitative estimate of drug-likeness (QED) is 0.740. The molecule has 2 rings (SSSR count). The van der Waals surface area contributed by atoms with Crippen molar-refractivity contribution in [3.8, 4) is 0 Å². The topological polar surface area (TPSA) is 102 Å². The zero-order valence-corrected chi connectivity index (χ0v) is 11.5. The minimum atomic E-state index is -0.649. The van der Waals surface area contributed by atoms with E-state index in [4.69, 9.17) is 10.5 Å². The number of carbonyl (C=O) groups excluding carboxylic acids is 3. The number of rotatable bonds is 5. The Morgan fingerprint density at radius 1 is 1.30 bits per heavy atom. The van der Waals surface area contributed by atoms with Crippen LogP contribution in [0.25, 0.3) is 0 Å². The van der Waals surface area contributed by atoms with Gasteiger partial charge in [0, 0.05) is 6.54 Å². The van der Waals surface area contributed by atoms with Crippen molar-refractivity contribution in [2.75, 3.05) is 19.7 Å². The fraction of sp³-hybridized carbons (Fsp3) is 0.769. The van der Waals surface area contributed by atoms with Crippen LogP contribution in [-0.4, -0.2) is 48.5 Å². The van der Waals surface area contributed by atoms with E-state index >= 15 is 0 Å². The average Bonchev–Trinajstić information content (AvgIpc) is 2.79. The van der Waals surface area contributed by atoms with Crippen LogP contribution in [0.2, 0.25) is 0 Å². The van der Waals surface area contributed by atoms with E-state index in [-0.39, 0.29) is 19.1 Å². The first-order valence-corrected chi connectivity index (χ1v) is 7.07. The van der Waals surface area contributed by atoms with Crippen molar-refractivity contribution in [1.82, 2.24) is 10.2 Å². The van der Waals surface area contributed by atoms with E-state index in [1.54, 1.807) is 0 Å². The lowest BCUT2D eigenvalue weighted by atomic mass is 9.89. The summed E-state index contributed by atoms with van der Waals surface area (Å²) in [7, 11) is 0. The Balaban J connectivity index is 1.91. The van der Waals surface area contributed by atoms with Gasteiger partial charge in [-0.05, 0) is 18.8 Å². The standard InChI is InChI=1S/C13H21N3O4/c14-11(17)6-15-12(18)10-8-20-13(19)16(10)7-9-4-2-1-3-5-9/h9-10H,1-8H2,(H2,14,17)(H,15,18)/t10-/m0/s1. The van der Waals surface area contributed by atoms with E-state index in [1.165, 1.54) is 24.2 Å². The number of ether oxygens (including phenoxy) is 1. The highest BCUT2D eigenvalue weighted by molar-refractivity contribution is 5.90. The summed E-state index contributed by atoms with van der Waals surface area (Å²) in [6, 6.07) is -0.649. The third-order valence-corrected chi connectivity index (χ3v) is 3.89. The number of hydrogen-bond acceptors (Lipinski definition) is 4. The molecule has 3 amide bonds. The first-order chi connectivity index (χ1) is 9.58. The third-order valence-electron chi connectivity index (χ3n) is 3.89. The number of hydrogen-bond donors (Lipinski definition) is 2. The van der Waals surface area contributed by atoms with E-state index in [1.807, 2.05) is 0 Å². The lowest BCUT2D eigenvalue weighted by Gasteiger charge is -2.28. The van der Waals surface area contributed by atoms with Gasteiger partial charge in [-0.15, -0.1) is 0 Å². The van der Waals surface area contributed by atoms with Crippen LogP contribution in [0.1, 0.15) is 32.1 Å². The molecule has 1 atom stereocenters. The number of amides is 3. The summed E-state index contributed by atoms with van der Waals surface area (Å²) in [4.78, 5) is 35.8. The van der Waals surface area contributed by atoms with Gasteiger partial charge in [0.15, 0.2) is 0 Å². The normalized spacial score (nSPS) is 23.5. The van der Waals surface area contributed by atoms with Crippen molar-refractivity contribution in [1.29, 1.82) is 0 Å². The van der Waals surface area contributed by atoms with E-state index in [0.717, 1.165) is 12.8 Å². The van der Waals surface area contributed by atoms with Crippen LogP contribution in [0.4, 0.5) is 4.79 Å². The number of nitrogens with zero attached hydrogens (tertiary/aromatic N) is 1. The molecule has 3 N–H and O–H groups in total. The van der Waals surface area contributed by atoms with Crippen LogP contribution in [-0.2, 0) is 14.3 Å². The molecule has 0 aromatic heterocycles. The SMILES string of the molecule is NC(=O)CNC(=O)[C@@H]1COC(=O)N1CC1CCCCC1. The number of cyclic esters (lactones) is 1. The lowest BCUT2D eigenvalue weighted by molar-refractivity contribution is -0.127. The van der Waals surface area contributed by atoms with Gasteiger partial charge in [0.05, 0.1) is 6.54 Å². The molecule has 2 aliphatic rings. The Morgan fingerprint density at radius 3 is 2.65 bits per heavy atom. The predicted molar refractivity (Wildman–Crippen MR) is 70.6 cm³/mol. The highest BCUT2D eigenvalue weighted by atomic mass is 16.6. The molecule has 1 aliphatic carbocycles. The molecule has 0 aromatic rings. The monoisotopic (exact) mass is 283 g/mol. The number of carbonyl (C=O) groups is 3. The fourth-order valence-electron chi connectivity index (χ4n) is 2.81. The molecular formula is C13H21N3O4. The van der Waals surface area contributed by atoms with Gasteiger partial charge in [0.1, 0.15) is 12.6 Å². The Bertz CT molecular complexity index is 393. The van der Waals surface area contributed by atoms with Crippen molar-refractivity contribution in [3.05, 3.63) is 0 Å². The van der Waals surface area contributed by atoms with Crippen LogP contribution in [0.3, 0.4) is 0 Å². The molecule has 0 bridgehead atoms. The Labute approximate surface area is 117 Å². The molecule has 1 aliphatic heterocycles. The van der Waals surface area contributed by atoms with Crippen LogP contribution in [0.5, 0.6) is 0 Å². The van der Waals surface area contributed by atoms with Crippen molar-refractivity contribution in [3.63, 3.8) is 0 Å². The highest BCUT2D eigenvalue weighted by Crippen LogP contribution is 2.26. The minimum Gasteiger partial charge on any atom is -0.447 e. The van der Waals surface area contributed by atoms with E-state index in [9.17, 15) is 14.4 Å². The van der Waals surface area contributed by atoms with Crippen molar-refractivity contribution in [2.24, 2.45) is 11.7 Å². The molecule has 7 nitrogen and oxygen atoms in total. The summed E-state index contributed by atoms with van der Waals surface area (Å²) < 4.78 is 4.96. The van der Waals surface area contributed by atoms with Crippen molar-refractivity contribution in [2.45, 2.75) is 38.1 Å². The van der Waals surface area contributed by atoms with Crippen molar-refractivity contribution >= 4 is 17.9 Å². The second kappa shape index (κ2) is 6.58. The molecule has 0 spiro atoms. The number of primary amides is 1. The Morgan fingerprint density at radius 2 is 2.00 bits per heavy atom. The zero-order chi connectivity index (χ0) is 14.5. The summed E-state index contributed by atoms with van der Waals surface area (Å²) in [6.07, 6.45) is 5.30.